The van der Waals surface area contributed by atoms with Crippen LogP contribution in [-0.2, 0) is 9.59 Å². The van der Waals surface area contributed by atoms with Gasteiger partial charge < -0.3 is 9.84 Å². The van der Waals surface area contributed by atoms with E-state index in [0.29, 0.717) is 27.0 Å². The average Bonchev–Trinajstić information content (AvgIpc) is 3.29. The zero-order valence-electron chi connectivity index (χ0n) is 15.7. The van der Waals surface area contributed by atoms with Gasteiger partial charge in [0.1, 0.15) is 16.5 Å². The first kappa shape index (κ1) is 18.8. The fourth-order valence-corrected chi connectivity index (χ4v) is 3.98. The maximum Gasteiger partial charge on any atom is 0.301 e. The molecule has 2 aromatic carbocycles. The van der Waals surface area contributed by atoms with Gasteiger partial charge in [-0.25, -0.2) is 0 Å². The van der Waals surface area contributed by atoms with Crippen molar-refractivity contribution < 1.29 is 19.4 Å². The molecule has 1 unspecified atom stereocenters. The molecule has 0 saturated carbocycles. The van der Waals surface area contributed by atoms with E-state index in [1.807, 2.05) is 18.2 Å². The summed E-state index contributed by atoms with van der Waals surface area (Å²) in [5, 5.41) is 20.0. The molecule has 1 amide bonds. The van der Waals surface area contributed by atoms with Gasteiger partial charge in [0, 0.05) is 5.56 Å². The molecule has 146 valence electrons. The highest BCUT2D eigenvalue weighted by Crippen LogP contribution is 2.42. The number of carbonyl (C=O) groups excluding carboxylic acids is 2. The standard InChI is InChI=1S/C21H17N3O4S/c1-12-22-23-21(29-12)24-17(13-6-4-3-5-7-13)16(19(26)20(24)27)18(25)14-8-10-15(28-2)11-9-14/h3-11,17,25H,1-2H3/b18-16+. The van der Waals surface area contributed by atoms with Crippen LogP contribution >= 0.6 is 11.3 Å². The molecule has 1 N–H and O–H groups in total. The third-order valence-corrected chi connectivity index (χ3v) is 5.48. The molecule has 8 heteroatoms. The van der Waals surface area contributed by atoms with Gasteiger partial charge in [0.05, 0.1) is 18.7 Å². The monoisotopic (exact) mass is 407 g/mol. The van der Waals surface area contributed by atoms with Crippen LogP contribution in [0.2, 0.25) is 0 Å². The Hall–Kier alpha value is -3.52. The van der Waals surface area contributed by atoms with Crippen molar-refractivity contribution in [3.05, 3.63) is 76.3 Å². The molecule has 29 heavy (non-hydrogen) atoms. The minimum Gasteiger partial charge on any atom is -0.507 e. The molecule has 0 aliphatic carbocycles. The van der Waals surface area contributed by atoms with Crippen molar-refractivity contribution in [3.63, 3.8) is 0 Å². The van der Waals surface area contributed by atoms with Crippen LogP contribution in [0.1, 0.15) is 22.2 Å². The number of methoxy groups -OCH3 is 1. The SMILES string of the molecule is COc1ccc(/C(O)=C2\C(=O)C(=O)N(c3nnc(C)s3)C2c2ccccc2)cc1. The van der Waals surface area contributed by atoms with Crippen molar-refractivity contribution in [2.24, 2.45) is 0 Å². The van der Waals surface area contributed by atoms with E-state index in [4.69, 9.17) is 4.74 Å². The number of rotatable bonds is 4. The van der Waals surface area contributed by atoms with Gasteiger partial charge in [0.2, 0.25) is 5.13 Å². The fraction of sp³-hybridized carbons (Fsp3) is 0.143. The summed E-state index contributed by atoms with van der Waals surface area (Å²) >= 11 is 1.21. The minimum absolute atomic E-state index is 0.0132. The quantitative estimate of drug-likeness (QED) is 0.404. The van der Waals surface area contributed by atoms with Gasteiger partial charge >= 0.3 is 5.91 Å². The van der Waals surface area contributed by atoms with Gasteiger partial charge in [-0.2, -0.15) is 0 Å². The highest BCUT2D eigenvalue weighted by molar-refractivity contribution is 7.15. The molecular formula is C21H17N3O4S. The van der Waals surface area contributed by atoms with Crippen molar-refractivity contribution >= 4 is 33.9 Å². The number of hydrogen-bond acceptors (Lipinski definition) is 7. The highest BCUT2D eigenvalue weighted by atomic mass is 32.1. The summed E-state index contributed by atoms with van der Waals surface area (Å²) in [5.41, 5.74) is 1.12. The smallest absolute Gasteiger partial charge is 0.301 e. The Balaban J connectivity index is 1.90. The van der Waals surface area contributed by atoms with E-state index in [0.717, 1.165) is 0 Å². The fourth-order valence-electron chi connectivity index (χ4n) is 3.27. The average molecular weight is 407 g/mol. The number of aliphatic hydroxyl groups is 1. The summed E-state index contributed by atoms with van der Waals surface area (Å²) in [4.78, 5) is 27.1. The van der Waals surface area contributed by atoms with E-state index in [9.17, 15) is 14.7 Å². The molecule has 3 aromatic rings. The Morgan fingerprint density at radius 2 is 1.76 bits per heavy atom. The number of nitrogens with zero attached hydrogens (tertiary/aromatic N) is 3. The van der Waals surface area contributed by atoms with Crippen molar-refractivity contribution in [1.29, 1.82) is 0 Å². The topological polar surface area (TPSA) is 92.6 Å². The molecular weight excluding hydrogens is 390 g/mol. The molecule has 1 fully saturated rings. The van der Waals surface area contributed by atoms with Crippen LogP contribution in [0.15, 0.2) is 60.2 Å². The number of benzene rings is 2. The molecule has 0 radical (unpaired) electrons. The zero-order valence-corrected chi connectivity index (χ0v) is 16.5. The summed E-state index contributed by atoms with van der Waals surface area (Å²) in [6.07, 6.45) is 0. The van der Waals surface area contributed by atoms with Crippen molar-refractivity contribution in [2.45, 2.75) is 13.0 Å². The lowest BCUT2D eigenvalue weighted by Gasteiger charge is -2.22. The molecule has 2 heterocycles. The van der Waals surface area contributed by atoms with Crippen LogP contribution in [-0.4, -0.2) is 34.1 Å². The Morgan fingerprint density at radius 1 is 1.07 bits per heavy atom. The van der Waals surface area contributed by atoms with Crippen LogP contribution in [0.25, 0.3) is 5.76 Å². The summed E-state index contributed by atoms with van der Waals surface area (Å²) in [5.74, 6) is -1.14. The zero-order chi connectivity index (χ0) is 20.5. The van der Waals surface area contributed by atoms with Crippen molar-refractivity contribution in [3.8, 4) is 5.75 Å². The molecule has 1 aromatic heterocycles. The Morgan fingerprint density at radius 3 is 2.34 bits per heavy atom. The van der Waals surface area contributed by atoms with Gasteiger partial charge in [0.15, 0.2) is 0 Å². The van der Waals surface area contributed by atoms with Crippen LogP contribution in [0.3, 0.4) is 0 Å². The Bertz CT molecular complexity index is 1110. The first-order chi connectivity index (χ1) is 14.0. The summed E-state index contributed by atoms with van der Waals surface area (Å²) in [6, 6.07) is 14.9. The summed E-state index contributed by atoms with van der Waals surface area (Å²) < 4.78 is 5.14. The number of Topliss-reactive ketones (excluding diaryl/α,β-unsaturated/α-hetero) is 1. The summed E-state index contributed by atoms with van der Waals surface area (Å²) in [6.45, 7) is 1.77. The normalized spacial score (nSPS) is 18.3. The van der Waals surface area contributed by atoms with E-state index >= 15 is 0 Å². The molecule has 0 spiro atoms. The van der Waals surface area contributed by atoms with Gasteiger partial charge in [-0.3, -0.25) is 14.5 Å². The third-order valence-electron chi connectivity index (χ3n) is 4.64. The van der Waals surface area contributed by atoms with E-state index in [1.165, 1.54) is 16.2 Å². The molecule has 1 aliphatic rings. The third kappa shape index (κ3) is 3.27. The van der Waals surface area contributed by atoms with Crippen LogP contribution in [0.5, 0.6) is 5.75 Å². The van der Waals surface area contributed by atoms with Gasteiger partial charge in [-0.15, -0.1) is 10.2 Å². The molecule has 1 saturated heterocycles. The number of aliphatic hydroxyl groups excluding tert-OH is 1. The predicted octanol–water partition coefficient (Wildman–Crippen LogP) is 3.48. The number of aryl methyl sites for hydroxylation is 1. The number of carbonyl (C=O) groups is 2. The van der Waals surface area contributed by atoms with Crippen LogP contribution < -0.4 is 9.64 Å². The first-order valence-corrected chi connectivity index (χ1v) is 9.63. The van der Waals surface area contributed by atoms with Gasteiger partial charge in [0.25, 0.3) is 5.78 Å². The van der Waals surface area contributed by atoms with Crippen molar-refractivity contribution in [2.75, 3.05) is 12.0 Å². The second-order valence-corrected chi connectivity index (χ2v) is 7.57. The lowest BCUT2D eigenvalue weighted by atomic mass is 9.95. The van der Waals surface area contributed by atoms with Crippen LogP contribution in [0, 0.1) is 6.92 Å². The Labute approximate surface area is 170 Å². The van der Waals surface area contributed by atoms with Gasteiger partial charge in [-0.05, 0) is 36.8 Å². The van der Waals surface area contributed by atoms with Crippen LogP contribution in [0.4, 0.5) is 5.13 Å². The number of aromatic nitrogens is 2. The van der Waals surface area contributed by atoms with E-state index < -0.39 is 17.7 Å². The molecule has 0 bridgehead atoms. The maximum absolute atomic E-state index is 12.9. The number of ketones is 1. The number of hydrogen-bond donors (Lipinski definition) is 1. The highest BCUT2D eigenvalue weighted by Gasteiger charge is 2.48. The maximum atomic E-state index is 12.9. The lowest BCUT2D eigenvalue weighted by Crippen LogP contribution is -2.29. The van der Waals surface area contributed by atoms with E-state index in [2.05, 4.69) is 10.2 Å². The first-order valence-electron chi connectivity index (χ1n) is 8.81. The van der Waals surface area contributed by atoms with Gasteiger partial charge in [-0.1, -0.05) is 41.7 Å². The Kier molecular flexibility index (Phi) is 4.85. The number of anilines is 1. The molecule has 1 aliphatic heterocycles. The molecule has 1 atom stereocenters. The minimum atomic E-state index is -0.800. The summed E-state index contributed by atoms with van der Waals surface area (Å²) in [7, 11) is 1.54. The number of ether oxygens (including phenoxy) is 1. The predicted molar refractivity (Wildman–Crippen MR) is 109 cm³/mol. The second-order valence-electron chi connectivity index (χ2n) is 6.41. The lowest BCUT2D eigenvalue weighted by molar-refractivity contribution is -0.132. The second kappa shape index (κ2) is 7.48. The number of amides is 1. The molecule has 7 nitrogen and oxygen atoms in total. The van der Waals surface area contributed by atoms with Crippen molar-refractivity contribution in [1.82, 2.24) is 10.2 Å². The van der Waals surface area contributed by atoms with E-state index in [-0.39, 0.29) is 11.3 Å². The molecule has 4 rings (SSSR count). The largest absolute Gasteiger partial charge is 0.507 e. The van der Waals surface area contributed by atoms with E-state index in [1.54, 1.807) is 50.4 Å².